The number of fused-ring (bicyclic) bond motifs is 3. The van der Waals surface area contributed by atoms with Gasteiger partial charge in [0.15, 0.2) is 11.6 Å². The maximum atomic E-state index is 13.9. The Morgan fingerprint density at radius 3 is 2.47 bits per heavy atom. The van der Waals surface area contributed by atoms with Crippen molar-refractivity contribution in [2.75, 3.05) is 4.90 Å². The molecule has 1 aliphatic heterocycles. The van der Waals surface area contributed by atoms with Crippen LogP contribution in [0, 0.1) is 17.8 Å². The minimum Gasteiger partial charge on any atom is -0.508 e. The van der Waals surface area contributed by atoms with Gasteiger partial charge in [-0.05, 0) is 70.6 Å². The van der Waals surface area contributed by atoms with Crippen LogP contribution in [-0.4, -0.2) is 28.5 Å². The number of benzene rings is 2. The van der Waals surface area contributed by atoms with E-state index < -0.39 is 23.7 Å². The van der Waals surface area contributed by atoms with E-state index in [1.165, 1.54) is 17.0 Å². The molecule has 1 heterocycles. The molecule has 190 valence electrons. The van der Waals surface area contributed by atoms with Crippen molar-refractivity contribution in [1.29, 1.82) is 0 Å². The first-order valence-corrected chi connectivity index (χ1v) is 13.4. The maximum Gasteiger partial charge on any atom is 0.238 e. The second kappa shape index (κ2) is 9.03. The zero-order valence-corrected chi connectivity index (χ0v) is 22.3. The predicted octanol–water partition coefficient (Wildman–Crippen LogP) is 5.66. The number of Topliss-reactive ketones (excluding diaryl/α,β-unsaturated/α-hetero) is 1. The van der Waals surface area contributed by atoms with Gasteiger partial charge in [0.25, 0.3) is 0 Å². The molecule has 0 bridgehead atoms. The highest BCUT2D eigenvalue weighted by Gasteiger charge is 2.56. The lowest BCUT2D eigenvalue weighted by Crippen LogP contribution is -2.39. The molecular weight excluding hydrogens is 570 g/mol. The van der Waals surface area contributed by atoms with Crippen molar-refractivity contribution in [1.82, 2.24) is 0 Å². The van der Waals surface area contributed by atoms with Gasteiger partial charge in [-0.1, -0.05) is 48.0 Å². The van der Waals surface area contributed by atoms with E-state index in [1.807, 2.05) is 6.08 Å². The van der Waals surface area contributed by atoms with Crippen LogP contribution in [0.25, 0.3) is 6.08 Å². The van der Waals surface area contributed by atoms with E-state index in [9.17, 15) is 24.3 Å². The van der Waals surface area contributed by atoms with Gasteiger partial charge < -0.3 is 5.11 Å². The molecule has 6 nitrogen and oxygen atoms in total. The maximum absolute atomic E-state index is 13.9. The molecule has 2 aromatic rings. The number of hydrogen-bond acceptors (Lipinski definition) is 5. The van der Waals surface area contributed by atoms with Gasteiger partial charge in [-0.15, -0.1) is 0 Å². The molecule has 0 spiro atoms. The average Bonchev–Trinajstić information content (AvgIpc) is 3.17. The minimum absolute atomic E-state index is 0.0680. The number of rotatable bonds is 3. The molecule has 0 saturated carbocycles. The van der Waals surface area contributed by atoms with Crippen LogP contribution < -0.4 is 4.90 Å². The van der Waals surface area contributed by atoms with E-state index >= 15 is 0 Å². The van der Waals surface area contributed by atoms with Gasteiger partial charge in [-0.3, -0.25) is 24.1 Å². The van der Waals surface area contributed by atoms with Crippen LogP contribution in [-0.2, 0) is 19.2 Å². The van der Waals surface area contributed by atoms with Gasteiger partial charge in [-0.2, -0.15) is 0 Å². The summed E-state index contributed by atoms with van der Waals surface area (Å²) in [6.45, 7) is 3.74. The molecule has 1 fully saturated rings. The Balaban J connectivity index is 1.49. The Morgan fingerprint density at radius 1 is 1.03 bits per heavy atom. The monoisotopic (exact) mass is 589 g/mol. The van der Waals surface area contributed by atoms with Gasteiger partial charge in [0.05, 0.1) is 22.0 Å². The number of ketones is 2. The zero-order chi connectivity index (χ0) is 26.9. The number of imide groups is 1. The van der Waals surface area contributed by atoms with Gasteiger partial charge in [0.2, 0.25) is 11.8 Å². The first kappa shape index (κ1) is 24.8. The largest absolute Gasteiger partial charge is 0.508 e. The molecule has 0 radical (unpaired) electrons. The van der Waals surface area contributed by atoms with Gasteiger partial charge in [-0.25, -0.2) is 0 Å². The fraction of sp³-hybridized carbons (Fsp3) is 0.200. The number of phenols is 1. The van der Waals surface area contributed by atoms with Crippen LogP contribution in [0.2, 0.25) is 5.02 Å². The van der Waals surface area contributed by atoms with E-state index in [1.54, 1.807) is 42.5 Å². The fourth-order valence-corrected chi connectivity index (χ4v) is 6.96. The first-order valence-electron chi connectivity index (χ1n) is 12.2. The Bertz CT molecular complexity index is 1570. The molecule has 2 aromatic carbocycles. The predicted molar refractivity (Wildman–Crippen MR) is 147 cm³/mol. The molecule has 0 unspecified atom stereocenters. The standard InChI is InChI=1S/C30H21BrClNO5/c1-2-14-3-6-16(7-4-14)33-29(37)18-9-8-17-19(26(18)30(33)38)12-21-27(24(35)13-22(31)28(21)36)25(17)20-11-15(32)5-10-23(20)34/h2-8,10-11,13,18-19,25-26,34H,1,9,12H2/t18-,19+,25+,26-/m0/s1. The topological polar surface area (TPSA) is 91.8 Å². The third-order valence-electron chi connectivity index (χ3n) is 8.02. The normalized spacial score (nSPS) is 26.5. The summed E-state index contributed by atoms with van der Waals surface area (Å²) in [6, 6.07) is 11.6. The zero-order valence-electron chi connectivity index (χ0n) is 20.0. The molecule has 1 saturated heterocycles. The first-order chi connectivity index (χ1) is 18.2. The van der Waals surface area contributed by atoms with Crippen molar-refractivity contribution < 1.29 is 24.3 Å². The number of allylic oxidation sites excluding steroid dienone is 6. The van der Waals surface area contributed by atoms with Crippen molar-refractivity contribution in [2.45, 2.75) is 18.8 Å². The van der Waals surface area contributed by atoms with Gasteiger partial charge >= 0.3 is 0 Å². The van der Waals surface area contributed by atoms with Crippen LogP contribution in [0.4, 0.5) is 5.69 Å². The second-order valence-electron chi connectivity index (χ2n) is 9.90. The Kier molecular flexibility index (Phi) is 5.89. The lowest BCUT2D eigenvalue weighted by molar-refractivity contribution is -0.123. The van der Waals surface area contributed by atoms with Crippen LogP contribution in [0.1, 0.15) is 29.9 Å². The summed E-state index contributed by atoms with van der Waals surface area (Å²) in [7, 11) is 0. The average molecular weight is 591 g/mol. The van der Waals surface area contributed by atoms with Gasteiger partial charge in [0.1, 0.15) is 5.75 Å². The molecule has 4 atom stereocenters. The molecular formula is C30H21BrClNO5. The molecule has 6 rings (SSSR count). The molecule has 1 N–H and O–H groups in total. The molecule has 0 aromatic heterocycles. The summed E-state index contributed by atoms with van der Waals surface area (Å²) < 4.78 is 0.146. The Labute approximate surface area is 232 Å². The van der Waals surface area contributed by atoms with E-state index in [-0.39, 0.29) is 45.6 Å². The van der Waals surface area contributed by atoms with Crippen molar-refractivity contribution in [3.8, 4) is 5.75 Å². The van der Waals surface area contributed by atoms with Crippen LogP contribution in [0.15, 0.2) is 82.4 Å². The van der Waals surface area contributed by atoms with Crippen molar-refractivity contribution in [2.24, 2.45) is 17.8 Å². The highest BCUT2D eigenvalue weighted by Crippen LogP contribution is 2.56. The lowest BCUT2D eigenvalue weighted by Gasteiger charge is -2.42. The fourth-order valence-electron chi connectivity index (χ4n) is 6.33. The van der Waals surface area contributed by atoms with Crippen molar-refractivity contribution >= 4 is 62.7 Å². The molecule has 8 heteroatoms. The van der Waals surface area contributed by atoms with Crippen molar-refractivity contribution in [3.05, 3.63) is 98.5 Å². The van der Waals surface area contributed by atoms with E-state index in [2.05, 4.69) is 22.5 Å². The summed E-state index contributed by atoms with van der Waals surface area (Å²) in [4.78, 5) is 55.2. The summed E-state index contributed by atoms with van der Waals surface area (Å²) in [5, 5.41) is 11.2. The van der Waals surface area contributed by atoms with Crippen LogP contribution >= 0.6 is 27.5 Å². The minimum atomic E-state index is -0.763. The Morgan fingerprint density at radius 2 is 1.76 bits per heavy atom. The van der Waals surface area contributed by atoms with E-state index in [0.29, 0.717) is 28.3 Å². The van der Waals surface area contributed by atoms with Gasteiger partial charge in [0, 0.05) is 33.7 Å². The summed E-state index contributed by atoms with van der Waals surface area (Å²) in [6.07, 6.45) is 5.30. The summed E-state index contributed by atoms with van der Waals surface area (Å²) in [5.74, 6) is -3.90. The van der Waals surface area contributed by atoms with Crippen LogP contribution in [0.3, 0.4) is 0 Å². The van der Waals surface area contributed by atoms with Crippen LogP contribution in [0.5, 0.6) is 5.75 Å². The quantitative estimate of drug-likeness (QED) is 0.283. The van der Waals surface area contributed by atoms with E-state index in [0.717, 1.165) is 11.1 Å². The number of carbonyl (C=O) groups is 4. The number of phenolic OH excluding ortho intramolecular Hbond substituents is 1. The summed E-state index contributed by atoms with van der Waals surface area (Å²) >= 11 is 9.50. The second-order valence-corrected chi connectivity index (χ2v) is 11.2. The smallest absolute Gasteiger partial charge is 0.238 e. The SMILES string of the molecule is C=Cc1ccc(N2C(=O)[C@H]3[C@H](CC=C4[C@H](c5cc(Cl)ccc5O)C5=C(C[C@H]43)C(=O)C(Br)=CC5=O)C2=O)cc1. The Hall–Kier alpha value is -3.55. The lowest BCUT2D eigenvalue weighted by atomic mass is 9.59. The van der Waals surface area contributed by atoms with E-state index in [4.69, 9.17) is 11.6 Å². The number of nitrogens with zero attached hydrogens (tertiary/aromatic N) is 1. The molecule has 4 aliphatic rings. The summed E-state index contributed by atoms with van der Waals surface area (Å²) in [5.41, 5.74) is 3.07. The number of anilines is 1. The number of hydrogen-bond donors (Lipinski definition) is 1. The molecule has 2 amide bonds. The third kappa shape index (κ3) is 3.60. The number of carbonyl (C=O) groups excluding carboxylic acids is 4. The molecule has 3 aliphatic carbocycles. The number of amides is 2. The number of aromatic hydroxyl groups is 1. The highest BCUT2D eigenvalue weighted by molar-refractivity contribution is 9.12. The highest BCUT2D eigenvalue weighted by atomic mass is 79.9. The molecule has 38 heavy (non-hydrogen) atoms. The van der Waals surface area contributed by atoms with Crippen molar-refractivity contribution in [3.63, 3.8) is 0 Å². The third-order valence-corrected chi connectivity index (χ3v) is 8.84. The number of halogens is 2.